The van der Waals surface area contributed by atoms with Crippen molar-refractivity contribution in [3.63, 3.8) is 0 Å². The predicted molar refractivity (Wildman–Crippen MR) is 58.8 cm³/mol. The molecule has 0 aromatic carbocycles. The molecule has 1 aliphatic carbocycles. The van der Waals surface area contributed by atoms with E-state index < -0.39 is 0 Å². The Kier molecular flexibility index (Phi) is 4.09. The summed E-state index contributed by atoms with van der Waals surface area (Å²) in [5, 5.41) is 1.23. The Morgan fingerprint density at radius 2 is 2.00 bits per heavy atom. The van der Waals surface area contributed by atoms with Gasteiger partial charge in [0.15, 0.2) is 0 Å². The van der Waals surface area contributed by atoms with Crippen molar-refractivity contribution in [1.29, 1.82) is 0 Å². The van der Waals surface area contributed by atoms with Gasteiger partial charge in [-0.1, -0.05) is 49.0 Å². The van der Waals surface area contributed by atoms with Gasteiger partial charge in [0.25, 0.3) is 0 Å². The van der Waals surface area contributed by atoms with Gasteiger partial charge in [-0.15, -0.1) is 0 Å². The van der Waals surface area contributed by atoms with Gasteiger partial charge in [0, 0.05) is 5.33 Å². The topological polar surface area (TPSA) is 0 Å². The van der Waals surface area contributed by atoms with Crippen molar-refractivity contribution in [3.05, 3.63) is 0 Å². The van der Waals surface area contributed by atoms with Gasteiger partial charge in [0.05, 0.1) is 0 Å². The lowest BCUT2D eigenvalue weighted by Crippen LogP contribution is -2.30. The minimum atomic E-state index is 0.717. The first-order valence-electron chi connectivity index (χ1n) is 5.24. The van der Waals surface area contributed by atoms with Crippen molar-refractivity contribution in [2.24, 2.45) is 11.3 Å². The van der Waals surface area contributed by atoms with Crippen LogP contribution in [0.5, 0.6) is 0 Å². The molecule has 0 aliphatic heterocycles. The van der Waals surface area contributed by atoms with Gasteiger partial charge in [-0.05, 0) is 30.6 Å². The zero-order valence-electron chi connectivity index (χ0n) is 8.41. The molecule has 0 N–H and O–H groups in total. The Balaban J connectivity index is 2.12. The molecule has 0 aromatic rings. The summed E-state index contributed by atoms with van der Waals surface area (Å²) in [6, 6.07) is 0. The largest absolute Gasteiger partial charge is 0.0922 e. The first kappa shape index (κ1) is 10.6. The number of rotatable bonds is 5. The second kappa shape index (κ2) is 4.64. The fraction of sp³-hybridized carbons (Fsp3) is 1.00. The van der Waals surface area contributed by atoms with Crippen molar-refractivity contribution in [2.45, 2.75) is 52.4 Å². The molecule has 0 heterocycles. The van der Waals surface area contributed by atoms with E-state index in [-0.39, 0.29) is 0 Å². The van der Waals surface area contributed by atoms with Crippen LogP contribution in [0.4, 0.5) is 0 Å². The monoisotopic (exact) mass is 232 g/mol. The van der Waals surface area contributed by atoms with Crippen LogP contribution in [0.3, 0.4) is 0 Å². The van der Waals surface area contributed by atoms with Crippen LogP contribution < -0.4 is 0 Å². The predicted octanol–water partition coefficient (Wildman–Crippen LogP) is 4.38. The Morgan fingerprint density at radius 1 is 1.33 bits per heavy atom. The fourth-order valence-corrected chi connectivity index (χ4v) is 2.85. The summed E-state index contributed by atoms with van der Waals surface area (Å²) in [4.78, 5) is 0. The van der Waals surface area contributed by atoms with Crippen LogP contribution >= 0.6 is 15.9 Å². The van der Waals surface area contributed by atoms with E-state index in [0.717, 1.165) is 11.3 Å². The summed E-state index contributed by atoms with van der Waals surface area (Å²) < 4.78 is 0. The zero-order valence-corrected chi connectivity index (χ0v) is 9.99. The molecule has 0 unspecified atom stereocenters. The van der Waals surface area contributed by atoms with E-state index in [9.17, 15) is 0 Å². The van der Waals surface area contributed by atoms with Gasteiger partial charge in [0.2, 0.25) is 0 Å². The minimum Gasteiger partial charge on any atom is -0.0922 e. The van der Waals surface area contributed by atoms with E-state index in [4.69, 9.17) is 0 Å². The Labute approximate surface area is 85.3 Å². The summed E-state index contributed by atoms with van der Waals surface area (Å²) in [6.45, 7) is 4.64. The van der Waals surface area contributed by atoms with Gasteiger partial charge in [-0.3, -0.25) is 0 Å². The maximum atomic E-state index is 3.65. The third kappa shape index (κ3) is 2.76. The normalized spacial score (nSPS) is 21.0. The second-order valence-electron chi connectivity index (χ2n) is 4.77. The molecule has 0 aromatic heterocycles. The lowest BCUT2D eigenvalue weighted by Gasteiger charge is -2.41. The van der Waals surface area contributed by atoms with E-state index in [1.807, 2.05) is 0 Å². The number of halogens is 1. The number of hydrogen-bond acceptors (Lipinski definition) is 0. The highest BCUT2D eigenvalue weighted by molar-refractivity contribution is 9.09. The standard InChI is InChI=1S/C11H21Br/c1-10(2)5-3-6-11(9-12)7-4-8-11/h10H,3-9H2,1-2H3. The van der Waals surface area contributed by atoms with Gasteiger partial charge in [-0.2, -0.15) is 0 Å². The minimum absolute atomic E-state index is 0.717. The molecule has 0 spiro atoms. The first-order chi connectivity index (χ1) is 5.68. The molecule has 1 rings (SSSR count). The molecule has 0 bridgehead atoms. The molecule has 0 amide bonds. The maximum Gasteiger partial charge on any atom is 0.00879 e. The van der Waals surface area contributed by atoms with Crippen LogP contribution in [0.15, 0.2) is 0 Å². The number of alkyl halides is 1. The molecule has 0 nitrogen and oxygen atoms in total. The second-order valence-corrected chi connectivity index (χ2v) is 5.33. The third-order valence-electron chi connectivity index (χ3n) is 3.19. The van der Waals surface area contributed by atoms with Crippen LogP contribution in [-0.2, 0) is 0 Å². The van der Waals surface area contributed by atoms with Crippen LogP contribution in [0.25, 0.3) is 0 Å². The molecular formula is C11H21Br. The Morgan fingerprint density at radius 3 is 2.33 bits per heavy atom. The van der Waals surface area contributed by atoms with E-state index >= 15 is 0 Å². The lowest BCUT2D eigenvalue weighted by molar-refractivity contribution is 0.148. The SMILES string of the molecule is CC(C)CCCC1(CBr)CCC1. The van der Waals surface area contributed by atoms with Crippen molar-refractivity contribution >= 4 is 15.9 Å². The van der Waals surface area contributed by atoms with E-state index in [1.54, 1.807) is 0 Å². The molecule has 72 valence electrons. The molecule has 0 radical (unpaired) electrons. The van der Waals surface area contributed by atoms with Crippen molar-refractivity contribution in [1.82, 2.24) is 0 Å². The Bertz CT molecular complexity index is 119. The highest BCUT2D eigenvalue weighted by Gasteiger charge is 2.34. The van der Waals surface area contributed by atoms with Crippen LogP contribution in [-0.4, -0.2) is 5.33 Å². The van der Waals surface area contributed by atoms with Crippen molar-refractivity contribution < 1.29 is 0 Å². The summed E-state index contributed by atoms with van der Waals surface area (Å²) in [6.07, 6.45) is 8.70. The zero-order chi connectivity index (χ0) is 9.03. The van der Waals surface area contributed by atoms with Gasteiger partial charge in [-0.25, -0.2) is 0 Å². The first-order valence-corrected chi connectivity index (χ1v) is 6.37. The van der Waals surface area contributed by atoms with Gasteiger partial charge < -0.3 is 0 Å². The van der Waals surface area contributed by atoms with Crippen LogP contribution in [0.2, 0.25) is 0 Å². The van der Waals surface area contributed by atoms with Crippen LogP contribution in [0.1, 0.15) is 52.4 Å². The summed E-state index contributed by atoms with van der Waals surface area (Å²) in [5.41, 5.74) is 0.717. The van der Waals surface area contributed by atoms with Crippen molar-refractivity contribution in [2.75, 3.05) is 5.33 Å². The summed E-state index contributed by atoms with van der Waals surface area (Å²) >= 11 is 3.65. The molecule has 0 saturated heterocycles. The van der Waals surface area contributed by atoms with E-state index in [0.29, 0.717) is 0 Å². The van der Waals surface area contributed by atoms with E-state index in [2.05, 4.69) is 29.8 Å². The van der Waals surface area contributed by atoms with Gasteiger partial charge >= 0.3 is 0 Å². The lowest BCUT2D eigenvalue weighted by atomic mass is 9.67. The van der Waals surface area contributed by atoms with E-state index in [1.165, 1.54) is 43.9 Å². The average Bonchev–Trinajstić information content (AvgIpc) is 1.94. The quantitative estimate of drug-likeness (QED) is 0.618. The molecule has 1 saturated carbocycles. The maximum absolute atomic E-state index is 3.65. The van der Waals surface area contributed by atoms with Crippen molar-refractivity contribution in [3.8, 4) is 0 Å². The molecule has 1 heteroatoms. The average molecular weight is 233 g/mol. The fourth-order valence-electron chi connectivity index (χ4n) is 2.01. The molecule has 1 aliphatic rings. The Hall–Kier alpha value is 0.480. The molecule has 0 atom stereocenters. The smallest absolute Gasteiger partial charge is 0.00879 e. The van der Waals surface area contributed by atoms with Gasteiger partial charge in [0.1, 0.15) is 0 Å². The highest BCUT2D eigenvalue weighted by Crippen LogP contribution is 2.46. The van der Waals surface area contributed by atoms with Crippen LogP contribution in [0, 0.1) is 11.3 Å². The summed E-state index contributed by atoms with van der Waals surface area (Å²) in [7, 11) is 0. The third-order valence-corrected chi connectivity index (χ3v) is 4.38. The summed E-state index contributed by atoms with van der Waals surface area (Å²) in [5.74, 6) is 0.887. The molecule has 1 fully saturated rings. The molecule has 12 heavy (non-hydrogen) atoms. The molecular weight excluding hydrogens is 212 g/mol. The highest BCUT2D eigenvalue weighted by atomic mass is 79.9. The number of hydrogen-bond donors (Lipinski definition) is 0.